The van der Waals surface area contributed by atoms with E-state index >= 15 is 0 Å². The number of furan rings is 1. The minimum Gasteiger partial charge on any atom is -0.463 e. The Morgan fingerprint density at radius 1 is 1.29 bits per heavy atom. The zero-order chi connectivity index (χ0) is 12.0. The van der Waals surface area contributed by atoms with Crippen LogP contribution >= 0.6 is 11.6 Å². The minimum atomic E-state index is -0.345. The Hall–Kier alpha value is -0.965. The predicted molar refractivity (Wildman–Crippen MR) is 67.7 cm³/mol. The summed E-state index contributed by atoms with van der Waals surface area (Å²) in [5, 5.41) is 1.55. The first-order valence-electron chi connectivity index (χ1n) is 5.52. The van der Waals surface area contributed by atoms with Gasteiger partial charge in [0.2, 0.25) is 0 Å². The van der Waals surface area contributed by atoms with Crippen LogP contribution in [-0.4, -0.2) is 19.3 Å². The molecule has 5 heteroatoms. The van der Waals surface area contributed by atoms with Gasteiger partial charge in [-0.2, -0.15) is 0 Å². The van der Waals surface area contributed by atoms with Gasteiger partial charge in [0.05, 0.1) is 23.5 Å². The fourth-order valence-electron chi connectivity index (χ4n) is 2.04. The second-order valence-electron chi connectivity index (χ2n) is 4.82. The number of hydrogen-bond acceptors (Lipinski definition) is 3. The highest BCUT2D eigenvalue weighted by molar-refractivity contribution is 6.65. The van der Waals surface area contributed by atoms with E-state index in [9.17, 15) is 0 Å². The third-order valence-electron chi connectivity index (χ3n) is 2.86. The van der Waals surface area contributed by atoms with E-state index in [2.05, 4.69) is 0 Å². The van der Waals surface area contributed by atoms with Crippen molar-refractivity contribution in [3.05, 3.63) is 29.5 Å². The van der Waals surface area contributed by atoms with E-state index in [-0.39, 0.29) is 12.7 Å². The Kier molecular flexibility index (Phi) is 2.47. The molecule has 1 fully saturated rings. The predicted octanol–water partition coefficient (Wildman–Crippen LogP) is 2.61. The van der Waals surface area contributed by atoms with Crippen molar-refractivity contribution < 1.29 is 13.7 Å². The number of hydrogen-bond donors (Lipinski definition) is 0. The third kappa shape index (κ3) is 1.86. The van der Waals surface area contributed by atoms with Crippen LogP contribution in [0.4, 0.5) is 0 Å². The van der Waals surface area contributed by atoms with Crippen molar-refractivity contribution in [3.8, 4) is 0 Å². The summed E-state index contributed by atoms with van der Waals surface area (Å²) in [5.41, 5.74) is 1.39. The van der Waals surface area contributed by atoms with Gasteiger partial charge in [0.25, 0.3) is 0 Å². The summed E-state index contributed by atoms with van der Waals surface area (Å²) in [4.78, 5) is 0. The highest BCUT2D eigenvalue weighted by Crippen LogP contribution is 2.26. The largest absolute Gasteiger partial charge is 0.495 e. The molecular weight excluding hydrogens is 238 g/mol. The van der Waals surface area contributed by atoms with Gasteiger partial charge in [0.1, 0.15) is 0 Å². The van der Waals surface area contributed by atoms with Crippen LogP contribution in [0.15, 0.2) is 28.9 Å². The van der Waals surface area contributed by atoms with Gasteiger partial charge in [0.15, 0.2) is 5.58 Å². The van der Waals surface area contributed by atoms with Gasteiger partial charge in [-0.15, -0.1) is 0 Å². The number of halogens is 1. The molecule has 1 aromatic carbocycles. The SMILES string of the molecule is CC1(C)COB(c2ccc(Cl)c3occc23)O1. The molecule has 17 heavy (non-hydrogen) atoms. The van der Waals surface area contributed by atoms with Crippen LogP contribution in [-0.2, 0) is 9.31 Å². The smallest absolute Gasteiger partial charge is 0.463 e. The summed E-state index contributed by atoms with van der Waals surface area (Å²) in [5.74, 6) is 0. The molecule has 88 valence electrons. The molecule has 0 spiro atoms. The van der Waals surface area contributed by atoms with Crippen LogP contribution in [0.2, 0.25) is 5.02 Å². The Balaban J connectivity index is 2.07. The topological polar surface area (TPSA) is 31.6 Å². The van der Waals surface area contributed by atoms with Crippen LogP contribution in [0.25, 0.3) is 11.0 Å². The molecule has 0 amide bonds. The van der Waals surface area contributed by atoms with E-state index in [1.807, 2.05) is 26.0 Å². The molecular formula is C12H12BClO3. The molecule has 3 nitrogen and oxygen atoms in total. The summed E-state index contributed by atoms with van der Waals surface area (Å²) >= 11 is 6.06. The van der Waals surface area contributed by atoms with Crippen LogP contribution in [0.3, 0.4) is 0 Å². The van der Waals surface area contributed by atoms with E-state index < -0.39 is 0 Å². The molecule has 1 aliphatic heterocycles. The highest BCUT2D eigenvalue weighted by Gasteiger charge is 2.39. The summed E-state index contributed by atoms with van der Waals surface area (Å²) in [6.45, 7) is 4.60. The molecule has 0 radical (unpaired) electrons. The molecule has 0 N–H and O–H groups in total. The number of rotatable bonds is 1. The van der Waals surface area contributed by atoms with Crippen molar-refractivity contribution in [1.29, 1.82) is 0 Å². The van der Waals surface area contributed by atoms with Crippen LogP contribution < -0.4 is 5.46 Å². The molecule has 2 aromatic rings. The van der Waals surface area contributed by atoms with E-state index in [0.717, 1.165) is 10.8 Å². The Morgan fingerprint density at radius 2 is 2.12 bits per heavy atom. The Bertz CT molecular complexity index is 564. The van der Waals surface area contributed by atoms with Crippen molar-refractivity contribution in [3.63, 3.8) is 0 Å². The van der Waals surface area contributed by atoms with Gasteiger partial charge in [-0.1, -0.05) is 17.7 Å². The molecule has 1 aliphatic rings. The highest BCUT2D eigenvalue weighted by atomic mass is 35.5. The molecule has 1 saturated heterocycles. The van der Waals surface area contributed by atoms with Gasteiger partial charge in [-0.25, -0.2) is 0 Å². The summed E-state index contributed by atoms with van der Waals surface area (Å²) in [6.07, 6.45) is 1.63. The first kappa shape index (κ1) is 11.1. The molecule has 0 unspecified atom stereocenters. The van der Waals surface area contributed by atoms with Crippen LogP contribution in [0, 0.1) is 0 Å². The van der Waals surface area contributed by atoms with Gasteiger partial charge in [-0.05, 0) is 31.4 Å². The minimum absolute atomic E-state index is 0.250. The van der Waals surface area contributed by atoms with Crippen molar-refractivity contribution in [1.82, 2.24) is 0 Å². The molecule has 1 aromatic heterocycles. The number of fused-ring (bicyclic) bond motifs is 1. The summed E-state index contributed by atoms with van der Waals surface area (Å²) in [6, 6.07) is 5.61. The zero-order valence-corrected chi connectivity index (χ0v) is 10.5. The van der Waals surface area contributed by atoms with Gasteiger partial charge in [-0.3, -0.25) is 0 Å². The maximum Gasteiger partial charge on any atom is 0.495 e. The Labute approximate surface area is 105 Å². The molecule has 2 heterocycles. The second-order valence-corrected chi connectivity index (χ2v) is 5.23. The fraction of sp³-hybridized carbons (Fsp3) is 0.333. The second kappa shape index (κ2) is 3.77. The lowest BCUT2D eigenvalue weighted by Crippen LogP contribution is -2.34. The number of benzene rings is 1. The van der Waals surface area contributed by atoms with Crippen molar-refractivity contribution >= 4 is 35.2 Å². The lowest BCUT2D eigenvalue weighted by Gasteiger charge is -2.15. The maximum absolute atomic E-state index is 6.06. The quantitative estimate of drug-likeness (QED) is 0.729. The molecule has 0 aliphatic carbocycles. The van der Waals surface area contributed by atoms with Gasteiger partial charge < -0.3 is 13.7 Å². The summed E-state index contributed by atoms with van der Waals surface area (Å²) < 4.78 is 16.9. The lowest BCUT2D eigenvalue weighted by molar-refractivity contribution is 0.137. The molecule has 0 atom stereocenters. The van der Waals surface area contributed by atoms with Crippen LogP contribution in [0.5, 0.6) is 0 Å². The fourth-order valence-corrected chi connectivity index (χ4v) is 2.25. The van der Waals surface area contributed by atoms with Crippen molar-refractivity contribution in [2.24, 2.45) is 0 Å². The van der Waals surface area contributed by atoms with E-state index in [0.29, 0.717) is 17.2 Å². The van der Waals surface area contributed by atoms with Crippen molar-refractivity contribution in [2.75, 3.05) is 6.61 Å². The third-order valence-corrected chi connectivity index (χ3v) is 3.16. The zero-order valence-electron chi connectivity index (χ0n) is 9.70. The molecule has 0 saturated carbocycles. The van der Waals surface area contributed by atoms with E-state index in [1.165, 1.54) is 0 Å². The van der Waals surface area contributed by atoms with E-state index in [1.54, 1.807) is 12.3 Å². The van der Waals surface area contributed by atoms with Crippen LogP contribution in [0.1, 0.15) is 13.8 Å². The lowest BCUT2D eigenvalue weighted by atomic mass is 9.77. The monoisotopic (exact) mass is 250 g/mol. The average molecular weight is 250 g/mol. The van der Waals surface area contributed by atoms with Gasteiger partial charge in [0, 0.05) is 5.39 Å². The maximum atomic E-state index is 6.06. The first-order valence-corrected chi connectivity index (χ1v) is 5.90. The Morgan fingerprint density at radius 3 is 2.82 bits per heavy atom. The first-order chi connectivity index (χ1) is 8.07. The molecule has 3 rings (SSSR count). The van der Waals surface area contributed by atoms with E-state index in [4.69, 9.17) is 25.3 Å². The van der Waals surface area contributed by atoms with Gasteiger partial charge >= 0.3 is 7.12 Å². The standard InChI is InChI=1S/C12H12BClO3/c1-12(2)7-16-13(17-12)9-3-4-10(14)11-8(9)5-6-15-11/h3-6H,7H2,1-2H3. The molecule has 0 bridgehead atoms. The summed E-state index contributed by atoms with van der Waals surface area (Å²) in [7, 11) is -0.345. The normalized spacial score (nSPS) is 19.1. The van der Waals surface area contributed by atoms with Crippen molar-refractivity contribution in [2.45, 2.75) is 19.4 Å². The average Bonchev–Trinajstić information content (AvgIpc) is 2.86.